The topological polar surface area (TPSA) is 90.0 Å². The second-order valence-electron chi connectivity index (χ2n) is 4.29. The molecule has 1 aromatic heterocycles. The first kappa shape index (κ1) is 13.6. The van der Waals surface area contributed by atoms with Crippen LogP contribution < -0.4 is 10.5 Å². The van der Waals surface area contributed by atoms with Gasteiger partial charge in [0.2, 0.25) is 10.0 Å². The molecule has 19 heavy (non-hydrogen) atoms. The van der Waals surface area contributed by atoms with E-state index in [0.29, 0.717) is 5.69 Å². The van der Waals surface area contributed by atoms with Gasteiger partial charge in [0.1, 0.15) is 0 Å². The number of nitrogens with zero attached hydrogens (tertiary/aromatic N) is 2. The molecule has 1 heterocycles. The molecular weight excluding hydrogens is 264 g/mol. The first-order chi connectivity index (χ1) is 8.90. The lowest BCUT2D eigenvalue weighted by atomic mass is 10.2. The number of nitrogens with one attached hydrogen (secondary N) is 1. The molecule has 0 bridgehead atoms. The van der Waals surface area contributed by atoms with Crippen LogP contribution in [0.1, 0.15) is 11.3 Å². The van der Waals surface area contributed by atoms with Crippen LogP contribution in [0.3, 0.4) is 0 Å². The van der Waals surface area contributed by atoms with Crippen molar-refractivity contribution >= 4 is 15.7 Å². The van der Waals surface area contributed by atoms with Gasteiger partial charge in [0.25, 0.3) is 0 Å². The van der Waals surface area contributed by atoms with Crippen molar-refractivity contribution in [3.63, 3.8) is 0 Å². The third-order valence-corrected chi connectivity index (χ3v) is 4.32. The number of sulfonamides is 1. The van der Waals surface area contributed by atoms with E-state index in [0.717, 1.165) is 11.3 Å². The van der Waals surface area contributed by atoms with Crippen LogP contribution in [-0.4, -0.2) is 18.2 Å². The number of aryl methyl sites for hydroxylation is 2. The number of benzene rings is 1. The Labute approximate surface area is 112 Å². The third-order valence-electron chi connectivity index (χ3n) is 2.92. The Bertz CT molecular complexity index is 692. The van der Waals surface area contributed by atoms with E-state index >= 15 is 0 Å². The van der Waals surface area contributed by atoms with Crippen molar-refractivity contribution in [2.75, 3.05) is 5.73 Å². The number of rotatable bonds is 4. The first-order valence-electron chi connectivity index (χ1n) is 5.73. The Kier molecular flexibility index (Phi) is 3.59. The van der Waals surface area contributed by atoms with Gasteiger partial charge in [-0.3, -0.25) is 4.68 Å². The van der Waals surface area contributed by atoms with Gasteiger partial charge < -0.3 is 5.73 Å². The number of aromatic nitrogens is 2. The van der Waals surface area contributed by atoms with Gasteiger partial charge in [0.05, 0.1) is 17.1 Å². The summed E-state index contributed by atoms with van der Waals surface area (Å²) < 4.78 is 28.4. The highest BCUT2D eigenvalue weighted by Gasteiger charge is 2.15. The molecule has 0 spiro atoms. The Morgan fingerprint density at radius 1 is 1.37 bits per heavy atom. The van der Waals surface area contributed by atoms with E-state index < -0.39 is 10.0 Å². The number of anilines is 1. The summed E-state index contributed by atoms with van der Waals surface area (Å²) in [5.74, 6) is 0. The maximum atomic E-state index is 12.1. The van der Waals surface area contributed by atoms with Gasteiger partial charge in [-0.15, -0.1) is 0 Å². The maximum absolute atomic E-state index is 12.1. The van der Waals surface area contributed by atoms with Gasteiger partial charge in [-0.2, -0.15) is 5.10 Å². The zero-order valence-electron chi connectivity index (χ0n) is 10.8. The monoisotopic (exact) mass is 280 g/mol. The van der Waals surface area contributed by atoms with Gasteiger partial charge in [-0.05, 0) is 36.8 Å². The lowest BCUT2D eigenvalue weighted by Gasteiger charge is -2.08. The van der Waals surface area contributed by atoms with Crippen LogP contribution in [0.2, 0.25) is 0 Å². The largest absolute Gasteiger partial charge is 0.399 e. The first-order valence-corrected chi connectivity index (χ1v) is 7.21. The van der Waals surface area contributed by atoms with Crippen LogP contribution in [-0.2, 0) is 23.6 Å². The minimum atomic E-state index is -3.54. The van der Waals surface area contributed by atoms with Gasteiger partial charge >= 0.3 is 0 Å². The van der Waals surface area contributed by atoms with Crippen LogP contribution in [0.5, 0.6) is 0 Å². The van der Waals surface area contributed by atoms with E-state index in [9.17, 15) is 8.42 Å². The van der Waals surface area contributed by atoms with E-state index in [1.54, 1.807) is 43.0 Å². The highest BCUT2D eigenvalue weighted by Crippen LogP contribution is 2.16. The number of nitrogen functional groups attached to an aromatic ring is 1. The average molecular weight is 280 g/mol. The summed E-state index contributed by atoms with van der Waals surface area (Å²) >= 11 is 0. The molecule has 0 saturated carbocycles. The van der Waals surface area contributed by atoms with E-state index in [2.05, 4.69) is 9.82 Å². The lowest BCUT2D eigenvalue weighted by Crippen LogP contribution is -2.24. The molecule has 102 valence electrons. The molecular formula is C12H16N4O2S. The Morgan fingerprint density at radius 2 is 2.11 bits per heavy atom. The fourth-order valence-electron chi connectivity index (χ4n) is 1.64. The Morgan fingerprint density at radius 3 is 2.68 bits per heavy atom. The predicted molar refractivity (Wildman–Crippen MR) is 72.8 cm³/mol. The fraction of sp³-hybridized carbons (Fsp3) is 0.250. The molecule has 2 rings (SSSR count). The molecule has 3 N–H and O–H groups in total. The summed E-state index contributed by atoms with van der Waals surface area (Å²) in [7, 11) is -1.78. The van der Waals surface area contributed by atoms with Crippen molar-refractivity contribution in [3.05, 3.63) is 41.7 Å². The van der Waals surface area contributed by atoms with E-state index in [1.807, 2.05) is 0 Å². The fourth-order valence-corrected chi connectivity index (χ4v) is 2.73. The minimum Gasteiger partial charge on any atom is -0.399 e. The summed E-state index contributed by atoms with van der Waals surface area (Å²) in [6, 6.07) is 6.40. The molecule has 0 aliphatic heterocycles. The van der Waals surface area contributed by atoms with Gasteiger partial charge in [0, 0.05) is 18.9 Å². The van der Waals surface area contributed by atoms with Crippen LogP contribution in [0.4, 0.5) is 5.69 Å². The van der Waals surface area contributed by atoms with Crippen molar-refractivity contribution in [1.82, 2.24) is 14.5 Å². The molecule has 0 unspecified atom stereocenters. The van der Waals surface area contributed by atoms with Crippen LogP contribution in [0.15, 0.2) is 35.4 Å². The predicted octanol–water partition coefficient (Wildman–Crippen LogP) is 0.789. The molecule has 0 radical (unpaired) electrons. The minimum absolute atomic E-state index is 0.197. The number of hydrogen-bond acceptors (Lipinski definition) is 4. The normalized spacial score (nSPS) is 11.7. The van der Waals surface area contributed by atoms with E-state index in [-0.39, 0.29) is 11.4 Å². The summed E-state index contributed by atoms with van der Waals surface area (Å²) in [5.41, 5.74) is 7.78. The molecule has 1 aromatic carbocycles. The molecule has 0 fully saturated rings. The van der Waals surface area contributed by atoms with Crippen molar-refractivity contribution < 1.29 is 8.42 Å². The Hall–Kier alpha value is -1.86. The SMILES string of the molecule is Cc1cc(S(=O)(=O)NCc2ccnn2C)ccc1N. The molecule has 7 heteroatoms. The summed E-state index contributed by atoms with van der Waals surface area (Å²) in [5, 5.41) is 3.98. The van der Waals surface area contributed by atoms with E-state index in [1.165, 1.54) is 6.07 Å². The molecule has 0 aliphatic rings. The Balaban J connectivity index is 2.18. The third kappa shape index (κ3) is 2.94. The zero-order valence-corrected chi connectivity index (χ0v) is 11.6. The second-order valence-corrected chi connectivity index (χ2v) is 6.06. The zero-order chi connectivity index (χ0) is 14.0. The molecule has 6 nitrogen and oxygen atoms in total. The highest BCUT2D eigenvalue weighted by atomic mass is 32.2. The van der Waals surface area contributed by atoms with Crippen LogP contribution in [0, 0.1) is 6.92 Å². The van der Waals surface area contributed by atoms with Gasteiger partial charge in [-0.1, -0.05) is 0 Å². The lowest BCUT2D eigenvalue weighted by molar-refractivity contribution is 0.577. The van der Waals surface area contributed by atoms with Crippen molar-refractivity contribution in [1.29, 1.82) is 0 Å². The highest BCUT2D eigenvalue weighted by molar-refractivity contribution is 7.89. The number of hydrogen-bond donors (Lipinski definition) is 2. The van der Waals surface area contributed by atoms with E-state index in [4.69, 9.17) is 5.73 Å². The van der Waals surface area contributed by atoms with Crippen molar-refractivity contribution in [2.24, 2.45) is 7.05 Å². The number of nitrogens with two attached hydrogens (primary N) is 1. The molecule has 0 amide bonds. The second kappa shape index (κ2) is 5.02. The molecule has 0 aliphatic carbocycles. The summed E-state index contributed by atoms with van der Waals surface area (Å²) in [6.07, 6.45) is 1.62. The maximum Gasteiger partial charge on any atom is 0.240 e. The standard InChI is InChI=1S/C12H16N4O2S/c1-9-7-11(3-4-12(9)13)19(17,18)15-8-10-5-6-14-16(10)2/h3-7,15H,8,13H2,1-2H3. The molecule has 2 aromatic rings. The summed E-state index contributed by atoms with van der Waals surface area (Å²) in [6.45, 7) is 1.97. The quantitative estimate of drug-likeness (QED) is 0.810. The summed E-state index contributed by atoms with van der Waals surface area (Å²) in [4.78, 5) is 0.210. The van der Waals surface area contributed by atoms with Crippen LogP contribution in [0.25, 0.3) is 0 Å². The molecule has 0 saturated heterocycles. The van der Waals surface area contributed by atoms with Gasteiger partial charge in [-0.25, -0.2) is 13.1 Å². The van der Waals surface area contributed by atoms with Crippen molar-refractivity contribution in [2.45, 2.75) is 18.4 Å². The molecule has 0 atom stereocenters. The van der Waals surface area contributed by atoms with Gasteiger partial charge in [0.15, 0.2) is 0 Å². The van der Waals surface area contributed by atoms with Crippen molar-refractivity contribution in [3.8, 4) is 0 Å². The smallest absolute Gasteiger partial charge is 0.240 e. The average Bonchev–Trinajstić information content (AvgIpc) is 2.76. The van der Waals surface area contributed by atoms with Crippen LogP contribution >= 0.6 is 0 Å².